The van der Waals surface area contributed by atoms with E-state index in [4.69, 9.17) is 4.74 Å². The largest absolute Gasteiger partial charge is 0.497 e. The number of ether oxygens (including phenoxy) is 1. The van der Waals surface area contributed by atoms with Crippen LogP contribution in [0.4, 0.5) is 0 Å². The van der Waals surface area contributed by atoms with E-state index in [0.29, 0.717) is 6.04 Å². The van der Waals surface area contributed by atoms with E-state index in [1.165, 1.54) is 31.2 Å². The van der Waals surface area contributed by atoms with Gasteiger partial charge in [0.2, 0.25) is 0 Å². The van der Waals surface area contributed by atoms with Crippen LogP contribution in [0, 0.1) is 0 Å². The molecule has 0 spiro atoms. The van der Waals surface area contributed by atoms with Crippen LogP contribution in [0.2, 0.25) is 0 Å². The molecule has 0 aliphatic heterocycles. The first-order valence-corrected chi connectivity index (χ1v) is 12.0. The molecule has 1 aromatic carbocycles. The lowest BCUT2D eigenvalue weighted by Crippen LogP contribution is -2.38. The molecule has 0 unspecified atom stereocenters. The van der Waals surface area contributed by atoms with Gasteiger partial charge in [0.1, 0.15) is 11.6 Å². The second-order valence-corrected chi connectivity index (χ2v) is 8.31. The minimum atomic E-state index is 0.581. The van der Waals surface area contributed by atoms with Gasteiger partial charge in [0, 0.05) is 32.6 Å². The summed E-state index contributed by atoms with van der Waals surface area (Å²) in [6.45, 7) is 1.69. The number of hydrogen-bond donors (Lipinski definition) is 2. The SMILES string of the molecule is CN=C(NCCCc1nnc(SC)n1C1CCCC1)NCCc1ccc(OC)cc1. The Morgan fingerprint density at radius 3 is 2.53 bits per heavy atom. The number of thioether (sulfide) groups is 1. The third-order valence-corrected chi connectivity index (χ3v) is 6.21. The van der Waals surface area contributed by atoms with E-state index < -0.39 is 0 Å². The van der Waals surface area contributed by atoms with Crippen LogP contribution in [0.5, 0.6) is 5.75 Å². The number of aliphatic imine (C=N–C) groups is 1. The lowest BCUT2D eigenvalue weighted by atomic mass is 10.1. The van der Waals surface area contributed by atoms with Gasteiger partial charge in [-0.3, -0.25) is 4.99 Å². The summed E-state index contributed by atoms with van der Waals surface area (Å²) in [6.07, 6.45) is 10.1. The van der Waals surface area contributed by atoms with E-state index in [9.17, 15) is 0 Å². The van der Waals surface area contributed by atoms with Gasteiger partial charge >= 0.3 is 0 Å². The second kappa shape index (κ2) is 11.8. The summed E-state index contributed by atoms with van der Waals surface area (Å²) in [7, 11) is 3.50. The molecule has 1 aliphatic carbocycles. The molecule has 2 aromatic rings. The van der Waals surface area contributed by atoms with Crippen molar-refractivity contribution in [3.63, 3.8) is 0 Å². The lowest BCUT2D eigenvalue weighted by Gasteiger charge is -2.16. The number of aromatic nitrogens is 3. The molecule has 8 heteroatoms. The summed E-state index contributed by atoms with van der Waals surface area (Å²) in [6, 6.07) is 8.77. The fraction of sp³-hybridized carbons (Fsp3) is 0.591. The molecule has 0 atom stereocenters. The normalized spacial score (nSPS) is 14.8. The standard InChI is InChI=1S/C22H34N6OS/c1-23-21(25-16-14-17-10-12-19(29-2)13-11-17)24-15-6-9-20-26-27-22(30-3)28(20)18-7-4-5-8-18/h10-13,18H,4-9,14-16H2,1-3H3,(H2,23,24,25). The molecule has 1 heterocycles. The first-order valence-electron chi connectivity index (χ1n) is 10.8. The van der Waals surface area contributed by atoms with Gasteiger partial charge in [0.25, 0.3) is 0 Å². The van der Waals surface area contributed by atoms with Gasteiger partial charge in [0.05, 0.1) is 7.11 Å². The Kier molecular flexibility index (Phi) is 8.86. The Morgan fingerprint density at radius 1 is 1.13 bits per heavy atom. The molecule has 164 valence electrons. The van der Waals surface area contributed by atoms with Crippen LogP contribution < -0.4 is 15.4 Å². The molecule has 0 saturated heterocycles. The zero-order valence-corrected chi connectivity index (χ0v) is 19.2. The van der Waals surface area contributed by atoms with E-state index in [2.05, 4.69) is 48.8 Å². The van der Waals surface area contributed by atoms with Gasteiger partial charge in [-0.25, -0.2) is 0 Å². The smallest absolute Gasteiger partial charge is 0.191 e. The molecule has 2 N–H and O–H groups in total. The molecule has 7 nitrogen and oxygen atoms in total. The summed E-state index contributed by atoms with van der Waals surface area (Å²) in [5.74, 6) is 2.85. The van der Waals surface area contributed by atoms with Gasteiger partial charge in [-0.1, -0.05) is 36.7 Å². The third kappa shape index (κ3) is 6.14. The molecule has 1 fully saturated rings. The highest BCUT2D eigenvalue weighted by Crippen LogP contribution is 2.33. The highest BCUT2D eigenvalue weighted by atomic mass is 32.2. The quantitative estimate of drug-likeness (QED) is 0.260. The Labute approximate surface area is 184 Å². The Balaban J connectivity index is 1.40. The van der Waals surface area contributed by atoms with Crippen molar-refractivity contribution in [1.29, 1.82) is 0 Å². The Hall–Kier alpha value is -2.22. The van der Waals surface area contributed by atoms with E-state index >= 15 is 0 Å². The van der Waals surface area contributed by atoms with Gasteiger partial charge in [-0.15, -0.1) is 10.2 Å². The average molecular weight is 431 g/mol. The van der Waals surface area contributed by atoms with Crippen molar-refractivity contribution in [1.82, 2.24) is 25.4 Å². The van der Waals surface area contributed by atoms with Crippen LogP contribution in [0.1, 0.15) is 49.5 Å². The number of aryl methyl sites for hydroxylation is 1. The fourth-order valence-corrected chi connectivity index (χ4v) is 4.51. The third-order valence-electron chi connectivity index (χ3n) is 5.57. The number of nitrogens with one attached hydrogen (secondary N) is 2. The first-order chi connectivity index (χ1) is 14.7. The topological polar surface area (TPSA) is 76.4 Å². The summed E-state index contributed by atoms with van der Waals surface area (Å²) in [5.41, 5.74) is 1.27. The van der Waals surface area contributed by atoms with Gasteiger partial charge in [-0.2, -0.15) is 0 Å². The molecule has 0 bridgehead atoms. The van der Waals surface area contributed by atoms with Crippen molar-refractivity contribution in [2.75, 3.05) is 33.5 Å². The number of rotatable bonds is 10. The van der Waals surface area contributed by atoms with Gasteiger partial charge in [0.15, 0.2) is 11.1 Å². The highest BCUT2D eigenvalue weighted by molar-refractivity contribution is 7.98. The summed E-state index contributed by atoms with van der Waals surface area (Å²) in [5, 5.41) is 16.7. The second-order valence-electron chi connectivity index (χ2n) is 7.54. The number of hydrogen-bond acceptors (Lipinski definition) is 5. The summed E-state index contributed by atoms with van der Waals surface area (Å²) in [4.78, 5) is 4.33. The molecular weight excluding hydrogens is 396 g/mol. The van der Waals surface area contributed by atoms with Crippen molar-refractivity contribution in [2.45, 2.75) is 56.1 Å². The number of benzene rings is 1. The predicted molar refractivity (Wildman–Crippen MR) is 124 cm³/mol. The van der Waals surface area contributed by atoms with Crippen LogP contribution in [0.25, 0.3) is 0 Å². The fourth-order valence-electron chi connectivity index (χ4n) is 3.94. The summed E-state index contributed by atoms with van der Waals surface area (Å²) >= 11 is 1.70. The summed E-state index contributed by atoms with van der Waals surface area (Å²) < 4.78 is 7.59. The van der Waals surface area contributed by atoms with Crippen LogP contribution in [0.3, 0.4) is 0 Å². The van der Waals surface area contributed by atoms with Crippen molar-refractivity contribution < 1.29 is 4.74 Å². The van der Waals surface area contributed by atoms with Crippen LogP contribution in [0.15, 0.2) is 34.4 Å². The molecule has 1 aliphatic rings. The van der Waals surface area contributed by atoms with E-state index in [1.807, 2.05) is 19.2 Å². The zero-order valence-electron chi connectivity index (χ0n) is 18.4. The van der Waals surface area contributed by atoms with Crippen LogP contribution in [-0.2, 0) is 12.8 Å². The van der Waals surface area contributed by atoms with Crippen molar-refractivity contribution in [3.8, 4) is 5.75 Å². The molecular formula is C22H34N6OS. The minimum Gasteiger partial charge on any atom is -0.497 e. The maximum Gasteiger partial charge on any atom is 0.191 e. The van der Waals surface area contributed by atoms with Crippen molar-refractivity contribution in [3.05, 3.63) is 35.7 Å². The van der Waals surface area contributed by atoms with Gasteiger partial charge in [-0.05, 0) is 49.6 Å². The molecule has 1 saturated carbocycles. The van der Waals surface area contributed by atoms with Crippen molar-refractivity contribution >= 4 is 17.7 Å². The zero-order chi connectivity index (χ0) is 21.2. The van der Waals surface area contributed by atoms with Crippen molar-refractivity contribution in [2.24, 2.45) is 4.99 Å². The highest BCUT2D eigenvalue weighted by Gasteiger charge is 2.23. The number of guanidine groups is 1. The predicted octanol–water partition coefficient (Wildman–Crippen LogP) is 3.46. The maximum absolute atomic E-state index is 5.20. The van der Waals surface area contributed by atoms with Gasteiger partial charge < -0.3 is 19.9 Å². The average Bonchev–Trinajstić information content (AvgIpc) is 3.45. The number of nitrogens with zero attached hydrogens (tertiary/aromatic N) is 4. The van der Waals surface area contributed by atoms with Crippen LogP contribution >= 0.6 is 11.8 Å². The molecule has 0 radical (unpaired) electrons. The number of methoxy groups -OCH3 is 1. The van der Waals surface area contributed by atoms with E-state index in [1.54, 1.807) is 18.9 Å². The molecule has 3 rings (SSSR count). The van der Waals surface area contributed by atoms with E-state index in [0.717, 1.165) is 55.0 Å². The van der Waals surface area contributed by atoms with E-state index in [-0.39, 0.29) is 0 Å². The Morgan fingerprint density at radius 2 is 1.87 bits per heavy atom. The molecule has 30 heavy (non-hydrogen) atoms. The Bertz CT molecular complexity index is 798. The first kappa shape index (κ1) is 22.5. The lowest BCUT2D eigenvalue weighted by molar-refractivity contribution is 0.414. The van der Waals surface area contributed by atoms with Crippen LogP contribution in [-0.4, -0.2) is 54.2 Å². The monoisotopic (exact) mass is 430 g/mol. The maximum atomic E-state index is 5.20. The molecule has 1 aromatic heterocycles. The minimum absolute atomic E-state index is 0.581. The molecule has 0 amide bonds.